The number of nitro benzene ring substituents is 1. The fraction of sp³-hybridized carbons (Fsp3) is 0.429. The van der Waals surface area contributed by atoms with Gasteiger partial charge in [0.2, 0.25) is 11.9 Å². The molecule has 0 atom stereocenters. The number of nitro groups is 1. The van der Waals surface area contributed by atoms with Crippen LogP contribution in [0.4, 0.5) is 69.0 Å². The highest BCUT2D eigenvalue weighted by molar-refractivity contribution is 7.70. The van der Waals surface area contributed by atoms with Crippen molar-refractivity contribution in [2.45, 2.75) is 37.8 Å². The molecule has 0 spiro atoms. The number of piperazine rings is 2. The lowest BCUT2D eigenvalue weighted by atomic mass is 10.0. The second-order valence-corrected chi connectivity index (χ2v) is 28.0. The molecule has 0 bridgehead atoms. The van der Waals surface area contributed by atoms with Crippen LogP contribution >= 0.6 is 14.3 Å². The summed E-state index contributed by atoms with van der Waals surface area (Å²) in [5.74, 6) is 1.90. The Balaban J connectivity index is 0.000000190. The molecular formula is C56H76N16O4P2. The van der Waals surface area contributed by atoms with Gasteiger partial charge in [0.25, 0.3) is 5.69 Å². The number of nitrogens with zero attached hydrogens (tertiary/aromatic N) is 11. The number of nitrogens with one attached hydrogen (secondary N) is 4. The molecule has 4 aliphatic heterocycles. The van der Waals surface area contributed by atoms with Gasteiger partial charge >= 0.3 is 0 Å². The van der Waals surface area contributed by atoms with E-state index in [4.69, 9.17) is 5.73 Å². The van der Waals surface area contributed by atoms with Gasteiger partial charge in [0.15, 0.2) is 0 Å². The van der Waals surface area contributed by atoms with Crippen molar-refractivity contribution in [1.82, 2.24) is 39.5 Å². The van der Waals surface area contributed by atoms with Gasteiger partial charge in [-0.15, -0.1) is 0 Å². The SMILES string of the molecule is CN1CCN(C2CCN(c3ccc(Nc4nccc(Nc5ccccc5P(C)(C)=O)n4)cc3N)CC2)CC1.CN1CCN(C2CCN(c3ccc(Nc4nccc(Nc5ccccc5P(C)(C)=O)n4)cc3[N+](=O)[O-])CC2)CC1. The molecule has 4 aromatic carbocycles. The molecule has 22 heteroatoms. The van der Waals surface area contributed by atoms with Crippen molar-refractivity contribution in [3.63, 3.8) is 0 Å². The van der Waals surface area contributed by atoms with Crippen molar-refractivity contribution >= 4 is 93.9 Å². The Labute approximate surface area is 459 Å². The number of benzene rings is 4. The van der Waals surface area contributed by atoms with Crippen molar-refractivity contribution in [2.75, 3.05) is 156 Å². The molecule has 0 saturated carbocycles. The summed E-state index contributed by atoms with van der Waals surface area (Å²) >= 11 is 0. The van der Waals surface area contributed by atoms with Gasteiger partial charge in [-0.25, -0.2) is 9.97 Å². The first-order chi connectivity index (χ1) is 37.4. The number of nitrogen functional groups attached to an aromatic ring is 1. The van der Waals surface area contributed by atoms with E-state index in [-0.39, 0.29) is 10.6 Å². The molecule has 78 heavy (non-hydrogen) atoms. The zero-order valence-electron chi connectivity index (χ0n) is 45.9. The summed E-state index contributed by atoms with van der Waals surface area (Å²) in [7, 11) is -0.567. The lowest BCUT2D eigenvalue weighted by Crippen LogP contribution is -2.52. The number of anilines is 11. The molecule has 6 N–H and O–H groups in total. The van der Waals surface area contributed by atoms with E-state index in [1.54, 1.807) is 57.3 Å². The van der Waals surface area contributed by atoms with E-state index in [9.17, 15) is 19.2 Å². The van der Waals surface area contributed by atoms with Gasteiger partial charge in [0, 0.05) is 131 Å². The Morgan fingerprint density at radius 1 is 0.538 bits per heavy atom. The second-order valence-electron chi connectivity index (χ2n) is 21.6. The van der Waals surface area contributed by atoms with Crippen LogP contribution in [0.2, 0.25) is 0 Å². The van der Waals surface area contributed by atoms with Crippen molar-refractivity contribution in [3.8, 4) is 0 Å². The summed E-state index contributed by atoms with van der Waals surface area (Å²) in [6.07, 6.45) is 7.65. The Hall–Kier alpha value is -6.66. The summed E-state index contributed by atoms with van der Waals surface area (Å²) in [4.78, 5) is 44.1. The van der Waals surface area contributed by atoms with Gasteiger partial charge in [-0.05, 0) is 133 Å². The number of para-hydroxylation sites is 2. The Bertz CT molecular complexity index is 3110. The lowest BCUT2D eigenvalue weighted by molar-refractivity contribution is -0.384. The highest BCUT2D eigenvalue weighted by Gasteiger charge is 2.31. The van der Waals surface area contributed by atoms with Crippen LogP contribution in [0.3, 0.4) is 0 Å². The molecular weight excluding hydrogens is 1020 g/mol. The summed E-state index contributed by atoms with van der Waals surface area (Å²) in [6.45, 7) is 19.7. The summed E-state index contributed by atoms with van der Waals surface area (Å²) in [5.41, 5.74) is 11.9. The average Bonchev–Trinajstić information content (AvgIpc) is 3.44. The number of hydrogen-bond acceptors (Lipinski definition) is 19. The standard InChI is InChI=1S/C28H37N8O3P.C28H39N8OP/c1-33-16-18-34(19-17-33)22-11-14-35(15-12-22)24-9-8-21(20-25(24)36(37)38)30-28-29-13-10-27(32-28)31-23-6-4-5-7-26(23)40(2,3)39;1-34-16-18-35(19-17-34)22-11-14-36(15-12-22)25-9-8-21(20-23(25)29)31-28-30-13-10-27(33-28)32-24-6-4-5-7-26(24)38(2,3)37/h4-10,13,20,22H,11-12,14-19H2,1-3H3,(H2,29,30,31,32);4-10,13,20,22H,11-12,14-19,29H2,1-3H3,(H2,30,31,32,33). The van der Waals surface area contributed by atoms with Gasteiger partial charge in [-0.1, -0.05) is 24.3 Å². The van der Waals surface area contributed by atoms with Crippen molar-refractivity contribution in [3.05, 3.63) is 120 Å². The first kappa shape index (κ1) is 56.1. The van der Waals surface area contributed by atoms with Crippen molar-refractivity contribution < 1.29 is 14.1 Å². The van der Waals surface area contributed by atoms with E-state index in [0.29, 0.717) is 47.0 Å². The number of piperidine rings is 2. The number of nitrogens with two attached hydrogens (primary N) is 1. The molecule has 10 rings (SSSR count). The van der Waals surface area contributed by atoms with E-state index in [0.717, 1.165) is 117 Å². The average molecular weight is 1100 g/mol. The van der Waals surface area contributed by atoms with Crippen LogP contribution in [-0.2, 0) is 9.13 Å². The first-order valence-electron chi connectivity index (χ1n) is 27.0. The van der Waals surface area contributed by atoms with Crippen molar-refractivity contribution in [1.29, 1.82) is 0 Å². The van der Waals surface area contributed by atoms with Crippen LogP contribution in [0.1, 0.15) is 25.7 Å². The maximum atomic E-state index is 12.7. The van der Waals surface area contributed by atoms with Gasteiger partial charge in [0.05, 0.1) is 27.7 Å². The maximum absolute atomic E-state index is 12.7. The largest absolute Gasteiger partial charge is 0.397 e. The van der Waals surface area contributed by atoms with Gasteiger partial charge in [-0.3, -0.25) is 19.9 Å². The predicted octanol–water partition coefficient (Wildman–Crippen LogP) is 8.35. The van der Waals surface area contributed by atoms with Crippen LogP contribution in [0, 0.1) is 10.1 Å². The Kier molecular flexibility index (Phi) is 18.0. The molecule has 0 radical (unpaired) electrons. The first-order valence-corrected chi connectivity index (χ1v) is 32.2. The van der Waals surface area contributed by atoms with E-state index in [1.165, 1.54) is 25.9 Å². The minimum absolute atomic E-state index is 0.0629. The van der Waals surface area contributed by atoms with E-state index >= 15 is 0 Å². The van der Waals surface area contributed by atoms with E-state index in [2.05, 4.69) is 90.8 Å². The molecule has 4 fully saturated rings. The molecule has 4 saturated heterocycles. The molecule has 20 nitrogen and oxygen atoms in total. The van der Waals surface area contributed by atoms with Gasteiger partial charge < -0.3 is 55.7 Å². The quantitative estimate of drug-likeness (QED) is 0.0282. The molecule has 414 valence electrons. The third-order valence-electron chi connectivity index (χ3n) is 15.2. The molecule has 2 aromatic heterocycles. The minimum atomic E-state index is -2.50. The molecule has 0 unspecified atom stereocenters. The van der Waals surface area contributed by atoms with Crippen molar-refractivity contribution in [2.24, 2.45) is 0 Å². The highest BCUT2D eigenvalue weighted by Crippen LogP contribution is 2.40. The lowest BCUT2D eigenvalue weighted by Gasteiger charge is -2.42. The summed E-state index contributed by atoms with van der Waals surface area (Å²) < 4.78 is 25.4. The zero-order valence-corrected chi connectivity index (χ0v) is 47.7. The van der Waals surface area contributed by atoms with Crippen LogP contribution in [0.15, 0.2) is 109 Å². The Morgan fingerprint density at radius 2 is 0.949 bits per heavy atom. The number of aromatic nitrogens is 4. The predicted molar refractivity (Wildman–Crippen MR) is 321 cm³/mol. The molecule has 0 aliphatic carbocycles. The second kappa shape index (κ2) is 25.0. The van der Waals surface area contributed by atoms with Crippen LogP contribution in [0.25, 0.3) is 0 Å². The number of rotatable bonds is 15. The van der Waals surface area contributed by atoms with Crippen LogP contribution < -0.4 is 47.4 Å². The summed E-state index contributed by atoms with van der Waals surface area (Å²) in [6, 6.07) is 31.0. The third-order valence-corrected chi connectivity index (χ3v) is 18.3. The van der Waals surface area contributed by atoms with Gasteiger partial charge in [-0.2, -0.15) is 9.97 Å². The van der Waals surface area contributed by atoms with E-state index in [1.807, 2.05) is 72.8 Å². The van der Waals surface area contributed by atoms with Crippen LogP contribution in [-0.4, -0.2) is 176 Å². The topological polar surface area (TPSA) is 222 Å². The molecule has 6 heterocycles. The number of likely N-dealkylation sites (N-methyl/N-ethyl adjacent to an activating group) is 2. The fourth-order valence-corrected chi connectivity index (χ4v) is 13.2. The van der Waals surface area contributed by atoms with Gasteiger partial charge in [0.1, 0.15) is 31.6 Å². The normalized spacial score (nSPS) is 17.7. The maximum Gasteiger partial charge on any atom is 0.294 e. The zero-order chi connectivity index (χ0) is 55.0. The summed E-state index contributed by atoms with van der Waals surface area (Å²) in [5, 5.41) is 26.5. The Morgan fingerprint density at radius 3 is 1.37 bits per heavy atom. The molecule has 6 aromatic rings. The van der Waals surface area contributed by atoms with Crippen LogP contribution in [0.5, 0.6) is 0 Å². The number of hydrogen-bond donors (Lipinski definition) is 5. The minimum Gasteiger partial charge on any atom is -0.397 e. The third kappa shape index (κ3) is 14.5. The smallest absolute Gasteiger partial charge is 0.294 e. The fourth-order valence-electron chi connectivity index (χ4n) is 10.9. The highest BCUT2D eigenvalue weighted by atomic mass is 31.2. The molecule has 0 amide bonds. The van der Waals surface area contributed by atoms with E-state index < -0.39 is 14.3 Å². The monoisotopic (exact) mass is 1100 g/mol. The molecule has 4 aliphatic rings.